The number of carbonyl (C=O) groups excluding carboxylic acids is 1. The number of hydrogen-bond donors (Lipinski definition) is 2. The molecule has 0 aliphatic carbocycles. The highest BCUT2D eigenvalue weighted by atomic mass is 19.1. The molecule has 0 atom stereocenters. The van der Waals surface area contributed by atoms with Crippen molar-refractivity contribution in [3.8, 4) is 0 Å². The third-order valence-corrected chi connectivity index (χ3v) is 2.26. The van der Waals surface area contributed by atoms with Crippen molar-refractivity contribution in [2.24, 2.45) is 0 Å². The van der Waals surface area contributed by atoms with E-state index in [0.29, 0.717) is 6.07 Å². The van der Waals surface area contributed by atoms with Crippen LogP contribution >= 0.6 is 0 Å². The van der Waals surface area contributed by atoms with E-state index in [1.807, 2.05) is 0 Å². The van der Waals surface area contributed by atoms with Gasteiger partial charge in [0.1, 0.15) is 17.5 Å². The minimum absolute atomic E-state index is 0.171. The summed E-state index contributed by atoms with van der Waals surface area (Å²) in [7, 11) is 0. The van der Waals surface area contributed by atoms with Crippen LogP contribution in [0.1, 0.15) is 0 Å². The summed E-state index contributed by atoms with van der Waals surface area (Å²) in [6, 6.07) is 7.24. The van der Waals surface area contributed by atoms with E-state index in [2.05, 4.69) is 10.6 Å². The highest BCUT2D eigenvalue weighted by Gasteiger charge is 2.08. The molecule has 0 bridgehead atoms. The van der Waals surface area contributed by atoms with Gasteiger partial charge in [-0.25, -0.2) is 18.0 Å². The molecule has 2 amide bonds. The first-order valence-electron chi connectivity index (χ1n) is 5.33. The van der Waals surface area contributed by atoms with Crippen LogP contribution in [-0.2, 0) is 0 Å². The Kier molecular flexibility index (Phi) is 3.70. The molecule has 0 saturated carbocycles. The normalized spacial score (nSPS) is 10.1. The fraction of sp³-hybridized carbons (Fsp3) is 0. The Morgan fingerprint density at radius 2 is 1.63 bits per heavy atom. The molecular formula is C13H9F3N2O. The van der Waals surface area contributed by atoms with E-state index in [1.54, 1.807) is 0 Å². The zero-order valence-corrected chi connectivity index (χ0v) is 9.58. The third kappa shape index (κ3) is 3.48. The molecule has 0 radical (unpaired) electrons. The Balaban J connectivity index is 2.05. The number of halogens is 3. The monoisotopic (exact) mass is 266 g/mol. The molecule has 2 rings (SSSR count). The molecule has 0 unspecified atom stereocenters. The summed E-state index contributed by atoms with van der Waals surface area (Å²) in [5.74, 6) is -2.14. The smallest absolute Gasteiger partial charge is 0.308 e. The molecule has 0 aliphatic heterocycles. The summed E-state index contributed by atoms with van der Waals surface area (Å²) in [6.45, 7) is 0. The molecule has 0 fully saturated rings. The lowest BCUT2D eigenvalue weighted by atomic mass is 10.3. The Hall–Kier alpha value is -2.50. The van der Waals surface area contributed by atoms with Crippen molar-refractivity contribution in [2.75, 3.05) is 10.6 Å². The third-order valence-electron chi connectivity index (χ3n) is 2.26. The van der Waals surface area contributed by atoms with Gasteiger partial charge in [0.05, 0.1) is 5.69 Å². The molecule has 2 N–H and O–H groups in total. The van der Waals surface area contributed by atoms with Crippen LogP contribution in [0, 0.1) is 17.5 Å². The van der Waals surface area contributed by atoms with Crippen LogP contribution in [0.15, 0.2) is 42.5 Å². The van der Waals surface area contributed by atoms with Gasteiger partial charge in [-0.3, -0.25) is 0 Å². The number of nitrogens with one attached hydrogen (secondary N) is 2. The number of amides is 2. The predicted octanol–water partition coefficient (Wildman–Crippen LogP) is 3.75. The maximum atomic E-state index is 13.3. The van der Waals surface area contributed by atoms with Gasteiger partial charge in [0.15, 0.2) is 0 Å². The fourth-order valence-electron chi connectivity index (χ4n) is 1.44. The minimum Gasteiger partial charge on any atom is -0.308 e. The second-order valence-corrected chi connectivity index (χ2v) is 3.71. The largest absolute Gasteiger partial charge is 0.323 e. The standard InChI is InChI=1S/C13H9F3N2O/c14-8-2-1-3-10(6-8)17-13(19)18-12-5-4-9(15)7-11(12)16/h1-7H,(H2,17,18,19). The number of benzene rings is 2. The van der Waals surface area contributed by atoms with E-state index >= 15 is 0 Å². The molecule has 0 heterocycles. The van der Waals surface area contributed by atoms with Crippen LogP contribution in [0.25, 0.3) is 0 Å². The van der Waals surface area contributed by atoms with Crippen molar-refractivity contribution in [1.29, 1.82) is 0 Å². The Morgan fingerprint density at radius 3 is 2.32 bits per heavy atom. The molecule has 19 heavy (non-hydrogen) atoms. The van der Waals surface area contributed by atoms with Gasteiger partial charge in [-0.2, -0.15) is 0 Å². The van der Waals surface area contributed by atoms with E-state index in [1.165, 1.54) is 18.2 Å². The molecule has 6 heteroatoms. The molecule has 98 valence electrons. The zero-order valence-electron chi connectivity index (χ0n) is 9.58. The van der Waals surface area contributed by atoms with E-state index in [4.69, 9.17) is 0 Å². The SMILES string of the molecule is O=C(Nc1cccc(F)c1)Nc1ccc(F)cc1F. The molecule has 2 aromatic carbocycles. The molecule has 0 aliphatic rings. The van der Waals surface area contributed by atoms with Crippen molar-refractivity contribution in [1.82, 2.24) is 0 Å². The van der Waals surface area contributed by atoms with Gasteiger partial charge in [-0.15, -0.1) is 0 Å². The first kappa shape index (κ1) is 12.9. The number of urea groups is 1. The molecule has 0 saturated heterocycles. The van der Waals surface area contributed by atoms with Gasteiger partial charge in [-0.05, 0) is 30.3 Å². The summed E-state index contributed by atoms with van der Waals surface area (Å²) >= 11 is 0. The summed E-state index contributed by atoms with van der Waals surface area (Å²) in [5.41, 5.74) is 0.0512. The van der Waals surface area contributed by atoms with Crippen LogP contribution in [0.2, 0.25) is 0 Å². The van der Waals surface area contributed by atoms with Crippen molar-refractivity contribution in [3.63, 3.8) is 0 Å². The first-order chi connectivity index (χ1) is 9.04. The summed E-state index contributed by atoms with van der Waals surface area (Å²) in [4.78, 5) is 11.5. The summed E-state index contributed by atoms with van der Waals surface area (Å²) in [5, 5.41) is 4.51. The molecule has 0 aromatic heterocycles. The molecule has 2 aromatic rings. The van der Waals surface area contributed by atoms with Crippen LogP contribution in [0.5, 0.6) is 0 Å². The van der Waals surface area contributed by atoms with Crippen LogP contribution in [0.3, 0.4) is 0 Å². The van der Waals surface area contributed by atoms with Crippen LogP contribution in [0.4, 0.5) is 29.3 Å². The topological polar surface area (TPSA) is 41.1 Å². The average Bonchev–Trinajstić information content (AvgIpc) is 2.33. The Morgan fingerprint density at radius 1 is 0.895 bits per heavy atom. The van der Waals surface area contributed by atoms with E-state index in [-0.39, 0.29) is 11.4 Å². The highest BCUT2D eigenvalue weighted by molar-refractivity contribution is 5.99. The van der Waals surface area contributed by atoms with Gasteiger partial charge in [0, 0.05) is 11.8 Å². The average molecular weight is 266 g/mol. The van der Waals surface area contributed by atoms with E-state index in [9.17, 15) is 18.0 Å². The van der Waals surface area contributed by atoms with Crippen molar-refractivity contribution in [3.05, 3.63) is 59.9 Å². The summed E-state index contributed by atoms with van der Waals surface area (Å²) < 4.78 is 38.8. The molecule has 3 nitrogen and oxygen atoms in total. The zero-order chi connectivity index (χ0) is 13.8. The lowest BCUT2D eigenvalue weighted by molar-refractivity contribution is 0.262. The number of hydrogen-bond acceptors (Lipinski definition) is 1. The Labute approximate surface area is 107 Å². The second kappa shape index (κ2) is 5.43. The second-order valence-electron chi connectivity index (χ2n) is 3.71. The first-order valence-corrected chi connectivity index (χ1v) is 5.33. The maximum Gasteiger partial charge on any atom is 0.323 e. The minimum atomic E-state index is -0.894. The van der Waals surface area contributed by atoms with Gasteiger partial charge < -0.3 is 10.6 Å². The quantitative estimate of drug-likeness (QED) is 0.854. The number of carbonyl (C=O) groups is 1. The fourth-order valence-corrected chi connectivity index (χ4v) is 1.44. The highest BCUT2D eigenvalue weighted by Crippen LogP contribution is 2.16. The van der Waals surface area contributed by atoms with Gasteiger partial charge in [0.25, 0.3) is 0 Å². The lowest BCUT2D eigenvalue weighted by Gasteiger charge is -2.08. The van der Waals surface area contributed by atoms with Gasteiger partial charge in [0.2, 0.25) is 0 Å². The van der Waals surface area contributed by atoms with Gasteiger partial charge in [-0.1, -0.05) is 6.07 Å². The van der Waals surface area contributed by atoms with Crippen molar-refractivity contribution < 1.29 is 18.0 Å². The Bertz CT molecular complexity index is 617. The van der Waals surface area contributed by atoms with E-state index < -0.39 is 23.5 Å². The summed E-state index contributed by atoms with van der Waals surface area (Å²) in [6.07, 6.45) is 0. The number of anilines is 2. The molecular weight excluding hydrogens is 257 g/mol. The predicted molar refractivity (Wildman–Crippen MR) is 65.4 cm³/mol. The van der Waals surface area contributed by atoms with Crippen LogP contribution < -0.4 is 10.6 Å². The van der Waals surface area contributed by atoms with Crippen molar-refractivity contribution in [2.45, 2.75) is 0 Å². The van der Waals surface area contributed by atoms with E-state index in [0.717, 1.165) is 18.2 Å². The maximum absolute atomic E-state index is 13.3. The van der Waals surface area contributed by atoms with Crippen LogP contribution in [-0.4, -0.2) is 6.03 Å². The van der Waals surface area contributed by atoms with Gasteiger partial charge >= 0.3 is 6.03 Å². The van der Waals surface area contributed by atoms with Crippen molar-refractivity contribution >= 4 is 17.4 Å². The molecule has 0 spiro atoms. The lowest BCUT2D eigenvalue weighted by Crippen LogP contribution is -2.20. The number of rotatable bonds is 2.